The first-order chi connectivity index (χ1) is 8.33. The molecule has 3 rings (SSSR count). The number of nitrogens with zero attached hydrogens (tertiary/aromatic N) is 2. The summed E-state index contributed by atoms with van der Waals surface area (Å²) in [6.07, 6.45) is 5.80. The fourth-order valence-corrected chi connectivity index (χ4v) is 2.95. The van der Waals surface area contributed by atoms with Gasteiger partial charge in [-0.15, -0.1) is 11.3 Å². The van der Waals surface area contributed by atoms with Gasteiger partial charge in [0, 0.05) is 37.3 Å². The Labute approximate surface area is 106 Å². The number of ether oxygens (including phenoxy) is 1. The number of aromatic nitrogens is 1. The second-order valence-corrected chi connectivity index (χ2v) is 5.99. The Hall–Kier alpha value is -0.650. The molecule has 17 heavy (non-hydrogen) atoms. The molecule has 0 radical (unpaired) electrons. The summed E-state index contributed by atoms with van der Waals surface area (Å²) in [5.74, 6) is 0. The molecule has 1 atom stereocenters. The van der Waals surface area contributed by atoms with Crippen molar-refractivity contribution in [3.05, 3.63) is 11.1 Å². The second kappa shape index (κ2) is 4.92. The molecule has 2 fully saturated rings. The first-order valence-corrected chi connectivity index (χ1v) is 7.13. The molecule has 0 amide bonds. The van der Waals surface area contributed by atoms with E-state index in [0.717, 1.165) is 37.4 Å². The molecule has 0 spiro atoms. The van der Waals surface area contributed by atoms with Gasteiger partial charge in [0.05, 0.1) is 12.6 Å². The van der Waals surface area contributed by atoms with Crippen LogP contribution in [-0.2, 0) is 11.3 Å². The molecule has 94 valence electrons. The van der Waals surface area contributed by atoms with Gasteiger partial charge in [-0.3, -0.25) is 0 Å². The van der Waals surface area contributed by atoms with Crippen molar-refractivity contribution in [2.45, 2.75) is 37.9 Å². The Morgan fingerprint density at radius 1 is 1.53 bits per heavy atom. The van der Waals surface area contributed by atoms with Crippen LogP contribution in [0.2, 0.25) is 0 Å². The molecule has 2 aliphatic rings. The number of hydrogen-bond donors (Lipinski definition) is 1. The van der Waals surface area contributed by atoms with E-state index < -0.39 is 0 Å². The second-order valence-electron chi connectivity index (χ2n) is 4.89. The minimum Gasteiger partial charge on any atom is -0.379 e. The number of likely N-dealkylation sites (N-methyl/N-ethyl adjacent to an activating group) is 1. The lowest BCUT2D eigenvalue weighted by molar-refractivity contribution is 0.193. The number of rotatable bonds is 5. The summed E-state index contributed by atoms with van der Waals surface area (Å²) in [7, 11) is 2.12. The Morgan fingerprint density at radius 3 is 3.12 bits per heavy atom. The maximum absolute atomic E-state index is 5.42. The molecular weight excluding hydrogens is 234 g/mol. The lowest BCUT2D eigenvalue weighted by atomic mass is 10.2. The summed E-state index contributed by atoms with van der Waals surface area (Å²) in [5.41, 5.74) is 0. The Kier molecular flexibility index (Phi) is 3.31. The van der Waals surface area contributed by atoms with E-state index in [1.165, 1.54) is 17.7 Å². The zero-order chi connectivity index (χ0) is 11.7. The van der Waals surface area contributed by atoms with Gasteiger partial charge < -0.3 is 15.0 Å². The Morgan fingerprint density at radius 2 is 2.41 bits per heavy atom. The Bertz CT molecular complexity index is 372. The number of anilines is 1. The van der Waals surface area contributed by atoms with Gasteiger partial charge >= 0.3 is 0 Å². The molecule has 5 heteroatoms. The fourth-order valence-electron chi connectivity index (χ4n) is 2.06. The molecule has 0 bridgehead atoms. The molecule has 1 saturated carbocycles. The van der Waals surface area contributed by atoms with Gasteiger partial charge in [-0.05, 0) is 19.3 Å². The number of thiazole rings is 1. The smallest absolute Gasteiger partial charge is 0.185 e. The summed E-state index contributed by atoms with van der Waals surface area (Å²) in [4.78, 5) is 8.10. The van der Waals surface area contributed by atoms with E-state index in [-0.39, 0.29) is 0 Å². The summed E-state index contributed by atoms with van der Waals surface area (Å²) in [5, 5.41) is 4.64. The van der Waals surface area contributed by atoms with Gasteiger partial charge in [-0.2, -0.15) is 0 Å². The third kappa shape index (κ3) is 2.78. The maximum atomic E-state index is 5.42. The van der Waals surface area contributed by atoms with Crippen molar-refractivity contribution in [3.8, 4) is 0 Å². The summed E-state index contributed by atoms with van der Waals surface area (Å²) in [6.45, 7) is 2.69. The van der Waals surface area contributed by atoms with Crippen LogP contribution >= 0.6 is 11.3 Å². The first-order valence-electron chi connectivity index (χ1n) is 6.31. The molecule has 2 heterocycles. The van der Waals surface area contributed by atoms with Crippen molar-refractivity contribution in [3.63, 3.8) is 0 Å². The van der Waals surface area contributed by atoms with Crippen LogP contribution in [0.5, 0.6) is 0 Å². The van der Waals surface area contributed by atoms with E-state index in [1.807, 2.05) is 6.20 Å². The van der Waals surface area contributed by atoms with Crippen LogP contribution in [0.4, 0.5) is 5.13 Å². The zero-order valence-corrected chi connectivity index (χ0v) is 11.0. The van der Waals surface area contributed by atoms with Gasteiger partial charge in [0.15, 0.2) is 5.13 Å². The molecule has 1 aromatic rings. The first kappa shape index (κ1) is 11.4. The highest BCUT2D eigenvalue weighted by Gasteiger charge is 2.23. The predicted molar refractivity (Wildman–Crippen MR) is 69.6 cm³/mol. The molecule has 1 aliphatic carbocycles. The highest BCUT2D eigenvalue weighted by molar-refractivity contribution is 7.15. The summed E-state index contributed by atoms with van der Waals surface area (Å²) < 4.78 is 5.42. The highest BCUT2D eigenvalue weighted by atomic mass is 32.1. The average molecular weight is 253 g/mol. The SMILES string of the molecule is CN(c1ncc(CNC2CC2)s1)C1CCOC1. The Balaban J connectivity index is 1.57. The van der Waals surface area contributed by atoms with E-state index in [0.29, 0.717) is 6.04 Å². The quantitative estimate of drug-likeness (QED) is 0.865. The van der Waals surface area contributed by atoms with E-state index in [1.54, 1.807) is 11.3 Å². The van der Waals surface area contributed by atoms with Gasteiger partial charge in [-0.25, -0.2) is 4.98 Å². The fraction of sp³-hybridized carbons (Fsp3) is 0.750. The molecule has 1 aromatic heterocycles. The maximum Gasteiger partial charge on any atom is 0.185 e. The van der Waals surface area contributed by atoms with Crippen molar-refractivity contribution in [1.82, 2.24) is 10.3 Å². The number of nitrogens with one attached hydrogen (secondary N) is 1. The van der Waals surface area contributed by atoms with Crippen molar-refractivity contribution in [2.24, 2.45) is 0 Å². The topological polar surface area (TPSA) is 37.4 Å². The molecule has 4 nitrogen and oxygen atoms in total. The van der Waals surface area contributed by atoms with Crippen molar-refractivity contribution >= 4 is 16.5 Å². The van der Waals surface area contributed by atoms with Crippen LogP contribution < -0.4 is 10.2 Å². The number of hydrogen-bond acceptors (Lipinski definition) is 5. The van der Waals surface area contributed by atoms with Gasteiger partial charge in [0.25, 0.3) is 0 Å². The molecule has 1 unspecified atom stereocenters. The van der Waals surface area contributed by atoms with E-state index >= 15 is 0 Å². The molecule has 0 aromatic carbocycles. The van der Waals surface area contributed by atoms with Gasteiger partial charge in [-0.1, -0.05) is 0 Å². The summed E-state index contributed by atoms with van der Waals surface area (Å²) in [6, 6.07) is 1.27. The van der Waals surface area contributed by atoms with Gasteiger partial charge in [0.2, 0.25) is 0 Å². The summed E-state index contributed by atoms with van der Waals surface area (Å²) >= 11 is 1.79. The lowest BCUT2D eigenvalue weighted by Crippen LogP contribution is -2.31. The molecule has 1 aliphatic heterocycles. The normalized spacial score (nSPS) is 24.2. The predicted octanol–water partition coefficient (Wildman–Crippen LogP) is 1.62. The zero-order valence-electron chi connectivity index (χ0n) is 10.2. The van der Waals surface area contributed by atoms with Crippen LogP contribution in [0, 0.1) is 0 Å². The van der Waals surface area contributed by atoms with Crippen LogP contribution in [0.1, 0.15) is 24.1 Å². The highest BCUT2D eigenvalue weighted by Crippen LogP contribution is 2.26. The largest absolute Gasteiger partial charge is 0.379 e. The van der Waals surface area contributed by atoms with E-state index in [4.69, 9.17) is 4.74 Å². The van der Waals surface area contributed by atoms with Crippen LogP contribution in [0.15, 0.2) is 6.20 Å². The minimum absolute atomic E-state index is 0.505. The van der Waals surface area contributed by atoms with Crippen LogP contribution in [0.3, 0.4) is 0 Å². The standard InChI is InChI=1S/C12H19N3OS/c1-15(10-4-5-16-8-10)12-14-7-11(17-12)6-13-9-2-3-9/h7,9-10,13H,2-6,8H2,1H3. The molecule has 1 N–H and O–H groups in total. The van der Waals surface area contributed by atoms with Crippen LogP contribution in [-0.4, -0.2) is 37.3 Å². The third-order valence-electron chi connectivity index (χ3n) is 3.44. The van der Waals surface area contributed by atoms with E-state index in [2.05, 4.69) is 22.2 Å². The third-order valence-corrected chi connectivity index (χ3v) is 4.53. The van der Waals surface area contributed by atoms with Crippen molar-refractivity contribution in [1.29, 1.82) is 0 Å². The van der Waals surface area contributed by atoms with Crippen LogP contribution in [0.25, 0.3) is 0 Å². The van der Waals surface area contributed by atoms with Crippen molar-refractivity contribution in [2.75, 3.05) is 25.2 Å². The van der Waals surface area contributed by atoms with E-state index in [9.17, 15) is 0 Å². The van der Waals surface area contributed by atoms with Gasteiger partial charge in [0.1, 0.15) is 0 Å². The molecular formula is C12H19N3OS. The van der Waals surface area contributed by atoms with Crippen molar-refractivity contribution < 1.29 is 4.74 Å². The minimum atomic E-state index is 0.505. The lowest BCUT2D eigenvalue weighted by Gasteiger charge is -2.21. The monoisotopic (exact) mass is 253 g/mol. The average Bonchev–Trinajstić information content (AvgIpc) is 2.86. The molecule has 1 saturated heterocycles.